The number of hydrogen-bond acceptors (Lipinski definition) is 6. The molecule has 2 aromatic heterocycles. The fourth-order valence-electron chi connectivity index (χ4n) is 2.52. The molecule has 0 bridgehead atoms. The van der Waals surface area contributed by atoms with Crippen LogP contribution in [0.2, 0.25) is 0 Å². The molecule has 7 heteroatoms. The Morgan fingerprint density at radius 2 is 2.25 bits per heavy atom. The molecule has 2 N–H and O–H groups in total. The summed E-state index contributed by atoms with van der Waals surface area (Å²) in [5.74, 6) is 2.18. The first-order valence-corrected chi connectivity index (χ1v) is 7.54. The molecule has 108 valence electrons. The van der Waals surface area contributed by atoms with E-state index in [-0.39, 0.29) is 0 Å². The molecule has 6 nitrogen and oxygen atoms in total. The quantitative estimate of drug-likeness (QED) is 0.919. The van der Waals surface area contributed by atoms with Gasteiger partial charge in [0.1, 0.15) is 0 Å². The van der Waals surface area contributed by atoms with Crippen LogP contribution in [0, 0.1) is 5.92 Å². The van der Waals surface area contributed by atoms with Crippen LogP contribution in [0.4, 0.5) is 0 Å². The first-order chi connectivity index (χ1) is 9.74. The number of likely N-dealkylation sites (tertiary alicyclic amines) is 1. The predicted molar refractivity (Wildman–Crippen MR) is 76.8 cm³/mol. The number of piperidine rings is 1. The Bertz CT molecular complexity index is 568. The molecular formula is C13H17BrN4O2. The Kier molecular flexibility index (Phi) is 4.18. The number of rotatable bonds is 4. The van der Waals surface area contributed by atoms with Gasteiger partial charge in [-0.25, -0.2) is 0 Å². The lowest BCUT2D eigenvalue weighted by atomic mass is 9.98. The number of hydrogen-bond donors (Lipinski definition) is 1. The van der Waals surface area contributed by atoms with Gasteiger partial charge in [-0.2, -0.15) is 0 Å². The van der Waals surface area contributed by atoms with Crippen LogP contribution in [-0.2, 0) is 6.54 Å². The number of furan rings is 1. The van der Waals surface area contributed by atoms with E-state index in [0.717, 1.165) is 19.6 Å². The van der Waals surface area contributed by atoms with E-state index in [1.54, 1.807) is 12.1 Å². The van der Waals surface area contributed by atoms with E-state index < -0.39 is 0 Å². The minimum absolute atomic E-state index is 0.415. The van der Waals surface area contributed by atoms with Gasteiger partial charge in [0.2, 0.25) is 5.89 Å². The molecule has 0 radical (unpaired) electrons. The largest absolute Gasteiger partial charge is 0.444 e. The van der Waals surface area contributed by atoms with Gasteiger partial charge in [0, 0.05) is 6.54 Å². The summed E-state index contributed by atoms with van der Waals surface area (Å²) in [5, 5.41) is 8.10. The molecule has 1 aliphatic heterocycles. The van der Waals surface area contributed by atoms with Crippen molar-refractivity contribution in [1.82, 2.24) is 15.1 Å². The Hall–Kier alpha value is -1.18. The second-order valence-electron chi connectivity index (χ2n) is 5.08. The van der Waals surface area contributed by atoms with Crippen molar-refractivity contribution in [2.45, 2.75) is 19.4 Å². The van der Waals surface area contributed by atoms with Gasteiger partial charge < -0.3 is 14.6 Å². The molecule has 1 saturated heterocycles. The zero-order chi connectivity index (χ0) is 13.9. The fourth-order valence-corrected chi connectivity index (χ4v) is 2.83. The standard InChI is InChI=1S/C13H17BrN4O2/c14-11-4-3-10(19-11)13-17-16-12(20-13)8-18-5-1-2-9(6-15)7-18/h3-4,9H,1-2,5-8,15H2. The molecule has 3 rings (SSSR count). The molecule has 3 heterocycles. The minimum atomic E-state index is 0.415. The van der Waals surface area contributed by atoms with E-state index in [2.05, 4.69) is 31.0 Å². The van der Waals surface area contributed by atoms with Gasteiger partial charge in [-0.3, -0.25) is 4.90 Å². The van der Waals surface area contributed by atoms with Crippen LogP contribution < -0.4 is 5.73 Å². The highest BCUT2D eigenvalue weighted by molar-refractivity contribution is 9.10. The van der Waals surface area contributed by atoms with Gasteiger partial charge >= 0.3 is 0 Å². The molecule has 20 heavy (non-hydrogen) atoms. The molecule has 2 aromatic rings. The number of halogens is 1. The molecular weight excluding hydrogens is 324 g/mol. The summed E-state index contributed by atoms with van der Waals surface area (Å²) in [6.45, 7) is 3.47. The van der Waals surface area contributed by atoms with Gasteiger partial charge in [-0.15, -0.1) is 10.2 Å². The van der Waals surface area contributed by atoms with Gasteiger partial charge in [-0.05, 0) is 59.9 Å². The highest BCUT2D eigenvalue weighted by atomic mass is 79.9. The summed E-state index contributed by atoms with van der Waals surface area (Å²) in [6, 6.07) is 3.60. The Morgan fingerprint density at radius 1 is 1.35 bits per heavy atom. The lowest BCUT2D eigenvalue weighted by Crippen LogP contribution is -2.37. The summed E-state index contributed by atoms with van der Waals surface area (Å²) in [6.07, 6.45) is 2.39. The summed E-state index contributed by atoms with van der Waals surface area (Å²) < 4.78 is 11.7. The van der Waals surface area contributed by atoms with E-state index >= 15 is 0 Å². The maximum atomic E-state index is 5.75. The lowest BCUT2D eigenvalue weighted by molar-refractivity contribution is 0.158. The molecule has 1 aliphatic rings. The predicted octanol–water partition coefficient (Wildman–Crippen LogP) is 2.26. The van der Waals surface area contributed by atoms with Crippen molar-refractivity contribution in [3.63, 3.8) is 0 Å². The number of aromatic nitrogens is 2. The van der Waals surface area contributed by atoms with Crippen molar-refractivity contribution < 1.29 is 8.83 Å². The maximum Gasteiger partial charge on any atom is 0.283 e. The SMILES string of the molecule is NCC1CCCN(Cc2nnc(-c3ccc(Br)o3)o2)C1. The van der Waals surface area contributed by atoms with Crippen LogP contribution in [-0.4, -0.2) is 34.7 Å². The number of nitrogens with two attached hydrogens (primary N) is 1. The second kappa shape index (κ2) is 6.07. The zero-order valence-corrected chi connectivity index (χ0v) is 12.7. The maximum absolute atomic E-state index is 5.75. The Morgan fingerprint density at radius 3 is 3.00 bits per heavy atom. The highest BCUT2D eigenvalue weighted by Gasteiger charge is 2.21. The molecule has 0 aliphatic carbocycles. The van der Waals surface area contributed by atoms with E-state index in [9.17, 15) is 0 Å². The van der Waals surface area contributed by atoms with Crippen molar-refractivity contribution in [2.75, 3.05) is 19.6 Å². The van der Waals surface area contributed by atoms with Crippen molar-refractivity contribution in [2.24, 2.45) is 11.7 Å². The van der Waals surface area contributed by atoms with Gasteiger partial charge in [0.15, 0.2) is 10.4 Å². The van der Waals surface area contributed by atoms with Crippen LogP contribution in [0.15, 0.2) is 25.6 Å². The van der Waals surface area contributed by atoms with Crippen LogP contribution in [0.3, 0.4) is 0 Å². The van der Waals surface area contributed by atoms with E-state index in [1.807, 2.05) is 0 Å². The molecule has 1 unspecified atom stereocenters. The van der Waals surface area contributed by atoms with E-state index in [0.29, 0.717) is 34.7 Å². The Balaban J connectivity index is 1.65. The lowest BCUT2D eigenvalue weighted by Gasteiger charge is -2.30. The summed E-state index contributed by atoms with van der Waals surface area (Å²) in [4.78, 5) is 2.32. The van der Waals surface area contributed by atoms with Crippen molar-refractivity contribution >= 4 is 15.9 Å². The third-order valence-corrected chi connectivity index (χ3v) is 3.97. The third-order valence-electron chi connectivity index (χ3n) is 3.55. The molecule has 0 amide bonds. The summed E-state index contributed by atoms with van der Waals surface area (Å²) in [7, 11) is 0. The van der Waals surface area contributed by atoms with Crippen LogP contribution in [0.25, 0.3) is 11.7 Å². The smallest absolute Gasteiger partial charge is 0.283 e. The van der Waals surface area contributed by atoms with Crippen molar-refractivity contribution in [1.29, 1.82) is 0 Å². The molecule has 1 atom stereocenters. The topological polar surface area (TPSA) is 81.3 Å². The fraction of sp³-hybridized carbons (Fsp3) is 0.538. The van der Waals surface area contributed by atoms with Gasteiger partial charge in [-0.1, -0.05) is 0 Å². The first kappa shape index (κ1) is 13.8. The van der Waals surface area contributed by atoms with E-state index in [1.165, 1.54) is 12.8 Å². The minimum Gasteiger partial charge on any atom is -0.444 e. The van der Waals surface area contributed by atoms with Crippen molar-refractivity contribution in [3.8, 4) is 11.7 Å². The summed E-state index contributed by atoms with van der Waals surface area (Å²) >= 11 is 3.25. The summed E-state index contributed by atoms with van der Waals surface area (Å²) in [5.41, 5.74) is 5.75. The Labute approximate surface area is 125 Å². The third kappa shape index (κ3) is 3.11. The monoisotopic (exact) mass is 340 g/mol. The molecule has 0 spiro atoms. The van der Waals surface area contributed by atoms with Crippen molar-refractivity contribution in [3.05, 3.63) is 22.7 Å². The van der Waals surface area contributed by atoms with Crippen LogP contribution in [0.5, 0.6) is 0 Å². The molecule has 0 aromatic carbocycles. The van der Waals surface area contributed by atoms with Crippen LogP contribution >= 0.6 is 15.9 Å². The number of nitrogens with zero attached hydrogens (tertiary/aromatic N) is 3. The first-order valence-electron chi connectivity index (χ1n) is 6.75. The second-order valence-corrected chi connectivity index (χ2v) is 5.87. The molecule has 1 fully saturated rings. The normalized spacial score (nSPS) is 20.4. The molecule has 0 saturated carbocycles. The van der Waals surface area contributed by atoms with Crippen LogP contribution in [0.1, 0.15) is 18.7 Å². The van der Waals surface area contributed by atoms with Gasteiger partial charge in [0.25, 0.3) is 5.89 Å². The average molecular weight is 341 g/mol. The zero-order valence-electron chi connectivity index (χ0n) is 11.1. The highest BCUT2D eigenvalue weighted by Crippen LogP contribution is 2.24. The van der Waals surface area contributed by atoms with E-state index in [4.69, 9.17) is 14.6 Å². The average Bonchev–Trinajstić information content (AvgIpc) is 3.08. The van der Waals surface area contributed by atoms with Gasteiger partial charge in [0.05, 0.1) is 6.54 Å².